The molecule has 0 saturated heterocycles. The summed E-state index contributed by atoms with van der Waals surface area (Å²) in [5.41, 5.74) is 9.22. The van der Waals surface area contributed by atoms with Crippen LogP contribution < -0.4 is 10.5 Å². The van der Waals surface area contributed by atoms with E-state index in [1.54, 1.807) is 0 Å². The normalized spacial score (nSPS) is 12.2. The summed E-state index contributed by atoms with van der Waals surface area (Å²) in [6.07, 6.45) is 0.0511. The molecule has 2 nitrogen and oxygen atoms in total. The van der Waals surface area contributed by atoms with Gasteiger partial charge in [0.15, 0.2) is 0 Å². The van der Waals surface area contributed by atoms with Crippen LogP contribution in [0.5, 0.6) is 5.75 Å². The fourth-order valence-corrected chi connectivity index (χ4v) is 1.75. The van der Waals surface area contributed by atoms with Crippen molar-refractivity contribution in [3.05, 3.63) is 54.1 Å². The molecule has 0 amide bonds. The number of ether oxygens (including phenoxy) is 1. The fourth-order valence-electron chi connectivity index (χ4n) is 1.75. The van der Waals surface area contributed by atoms with Crippen LogP contribution in [0.2, 0.25) is 0 Å². The van der Waals surface area contributed by atoms with Crippen molar-refractivity contribution in [2.24, 2.45) is 5.73 Å². The van der Waals surface area contributed by atoms with Crippen LogP contribution in [0.3, 0.4) is 0 Å². The topological polar surface area (TPSA) is 35.2 Å². The highest BCUT2D eigenvalue weighted by molar-refractivity contribution is 5.64. The zero-order chi connectivity index (χ0) is 13.0. The van der Waals surface area contributed by atoms with Gasteiger partial charge in [-0.3, -0.25) is 0 Å². The van der Waals surface area contributed by atoms with Gasteiger partial charge in [0.05, 0.1) is 0 Å². The third-order valence-corrected chi connectivity index (χ3v) is 2.91. The molecule has 0 saturated carbocycles. The van der Waals surface area contributed by atoms with Gasteiger partial charge >= 0.3 is 0 Å². The van der Waals surface area contributed by atoms with Gasteiger partial charge < -0.3 is 10.5 Å². The largest absolute Gasteiger partial charge is 0.489 e. The summed E-state index contributed by atoms with van der Waals surface area (Å²) in [5.74, 6) is 0.865. The smallest absolute Gasteiger partial charge is 0.119 e. The number of aryl methyl sites for hydroxylation is 1. The van der Waals surface area contributed by atoms with E-state index in [9.17, 15) is 0 Å². The van der Waals surface area contributed by atoms with E-state index in [1.807, 2.05) is 19.1 Å². The lowest BCUT2D eigenvalue weighted by Gasteiger charge is -2.12. The highest BCUT2D eigenvalue weighted by Crippen LogP contribution is 2.23. The van der Waals surface area contributed by atoms with Gasteiger partial charge in [-0.15, -0.1) is 0 Å². The Morgan fingerprint density at radius 3 is 1.94 bits per heavy atom. The third-order valence-electron chi connectivity index (χ3n) is 2.91. The molecule has 0 spiro atoms. The summed E-state index contributed by atoms with van der Waals surface area (Å²) in [6, 6.07) is 16.6. The van der Waals surface area contributed by atoms with E-state index in [-0.39, 0.29) is 6.10 Å². The Labute approximate surface area is 108 Å². The van der Waals surface area contributed by atoms with Gasteiger partial charge in [0.25, 0.3) is 0 Å². The van der Waals surface area contributed by atoms with Crippen LogP contribution in [-0.4, -0.2) is 12.6 Å². The zero-order valence-electron chi connectivity index (χ0n) is 10.9. The average molecular weight is 241 g/mol. The number of rotatable bonds is 4. The van der Waals surface area contributed by atoms with Crippen molar-refractivity contribution in [2.75, 3.05) is 6.54 Å². The first kappa shape index (κ1) is 12.7. The molecule has 0 aromatic heterocycles. The molecular formula is C16H19NO. The summed E-state index contributed by atoms with van der Waals surface area (Å²) in [7, 11) is 0. The van der Waals surface area contributed by atoms with Gasteiger partial charge in [-0.2, -0.15) is 0 Å². The summed E-state index contributed by atoms with van der Waals surface area (Å²) >= 11 is 0. The second-order valence-corrected chi connectivity index (χ2v) is 4.55. The molecule has 18 heavy (non-hydrogen) atoms. The molecule has 2 aromatic rings. The van der Waals surface area contributed by atoms with E-state index in [1.165, 1.54) is 16.7 Å². The number of hydrogen-bond donors (Lipinski definition) is 1. The van der Waals surface area contributed by atoms with Gasteiger partial charge in [-0.25, -0.2) is 0 Å². The molecule has 0 aliphatic carbocycles. The van der Waals surface area contributed by atoms with Crippen molar-refractivity contribution in [3.8, 4) is 16.9 Å². The lowest BCUT2D eigenvalue weighted by Crippen LogP contribution is -2.22. The molecule has 0 aliphatic rings. The van der Waals surface area contributed by atoms with Gasteiger partial charge in [0.2, 0.25) is 0 Å². The summed E-state index contributed by atoms with van der Waals surface area (Å²) < 4.78 is 5.65. The third kappa shape index (κ3) is 3.11. The van der Waals surface area contributed by atoms with Crippen LogP contribution in [0, 0.1) is 6.92 Å². The van der Waals surface area contributed by atoms with Crippen molar-refractivity contribution >= 4 is 0 Å². The van der Waals surface area contributed by atoms with Gasteiger partial charge in [0.1, 0.15) is 11.9 Å². The average Bonchev–Trinajstić information content (AvgIpc) is 2.40. The number of benzene rings is 2. The molecule has 0 radical (unpaired) electrons. The van der Waals surface area contributed by atoms with Gasteiger partial charge in [0, 0.05) is 6.54 Å². The van der Waals surface area contributed by atoms with Crippen LogP contribution in [0.15, 0.2) is 48.5 Å². The molecule has 94 valence electrons. The second-order valence-electron chi connectivity index (χ2n) is 4.55. The van der Waals surface area contributed by atoms with Crippen LogP contribution in [0.1, 0.15) is 12.5 Å². The van der Waals surface area contributed by atoms with Crippen molar-refractivity contribution in [3.63, 3.8) is 0 Å². The molecule has 2 rings (SSSR count). The first-order chi connectivity index (χ1) is 8.69. The molecule has 2 heteroatoms. The standard InChI is InChI=1S/C16H19NO/c1-12-3-5-14(6-4-12)15-7-9-16(10-8-15)18-13(2)11-17/h3-10,13H,11,17H2,1-2H3. The molecular weight excluding hydrogens is 222 g/mol. The molecule has 2 N–H and O–H groups in total. The van der Waals surface area contributed by atoms with Gasteiger partial charge in [-0.1, -0.05) is 42.0 Å². The maximum atomic E-state index is 5.65. The monoisotopic (exact) mass is 241 g/mol. The molecule has 0 aliphatic heterocycles. The zero-order valence-corrected chi connectivity index (χ0v) is 10.9. The second kappa shape index (κ2) is 5.69. The maximum Gasteiger partial charge on any atom is 0.119 e. The molecule has 1 atom stereocenters. The Morgan fingerprint density at radius 2 is 1.44 bits per heavy atom. The van der Waals surface area contributed by atoms with E-state index in [0.29, 0.717) is 6.54 Å². The first-order valence-electron chi connectivity index (χ1n) is 6.23. The lowest BCUT2D eigenvalue weighted by atomic mass is 10.0. The highest BCUT2D eigenvalue weighted by Gasteiger charge is 2.02. The minimum atomic E-state index is 0.0511. The number of hydrogen-bond acceptors (Lipinski definition) is 2. The predicted octanol–water partition coefficient (Wildman–Crippen LogP) is 3.39. The Balaban J connectivity index is 2.14. The summed E-state index contributed by atoms with van der Waals surface area (Å²) in [4.78, 5) is 0. The highest BCUT2D eigenvalue weighted by atomic mass is 16.5. The van der Waals surface area contributed by atoms with Crippen LogP contribution >= 0.6 is 0 Å². The van der Waals surface area contributed by atoms with Crippen LogP contribution in [-0.2, 0) is 0 Å². The molecule has 1 unspecified atom stereocenters. The number of nitrogens with two attached hydrogens (primary N) is 1. The predicted molar refractivity (Wildman–Crippen MR) is 75.8 cm³/mol. The summed E-state index contributed by atoms with van der Waals surface area (Å²) in [5, 5.41) is 0. The fraction of sp³-hybridized carbons (Fsp3) is 0.250. The van der Waals surface area contributed by atoms with Crippen molar-refractivity contribution in [1.29, 1.82) is 0 Å². The SMILES string of the molecule is Cc1ccc(-c2ccc(OC(C)CN)cc2)cc1. The Hall–Kier alpha value is -1.80. The van der Waals surface area contributed by atoms with Crippen molar-refractivity contribution < 1.29 is 4.74 Å². The molecule has 2 aromatic carbocycles. The first-order valence-corrected chi connectivity index (χ1v) is 6.23. The maximum absolute atomic E-state index is 5.65. The van der Waals surface area contributed by atoms with Crippen LogP contribution in [0.25, 0.3) is 11.1 Å². The van der Waals surface area contributed by atoms with Gasteiger partial charge in [-0.05, 0) is 37.1 Å². The molecule has 0 bridgehead atoms. The minimum absolute atomic E-state index is 0.0511. The molecule has 0 fully saturated rings. The summed E-state index contributed by atoms with van der Waals surface area (Å²) in [6.45, 7) is 4.59. The van der Waals surface area contributed by atoms with E-state index in [2.05, 4.69) is 43.3 Å². The quantitative estimate of drug-likeness (QED) is 0.890. The van der Waals surface area contributed by atoms with Crippen molar-refractivity contribution in [1.82, 2.24) is 0 Å². The van der Waals surface area contributed by atoms with E-state index in [0.717, 1.165) is 5.75 Å². The van der Waals surface area contributed by atoms with E-state index in [4.69, 9.17) is 10.5 Å². The van der Waals surface area contributed by atoms with Crippen molar-refractivity contribution in [2.45, 2.75) is 20.0 Å². The van der Waals surface area contributed by atoms with E-state index < -0.39 is 0 Å². The minimum Gasteiger partial charge on any atom is -0.489 e. The lowest BCUT2D eigenvalue weighted by molar-refractivity contribution is 0.230. The Bertz CT molecular complexity index is 488. The Kier molecular flexibility index (Phi) is 4.00. The Morgan fingerprint density at radius 1 is 0.944 bits per heavy atom. The van der Waals surface area contributed by atoms with Crippen LogP contribution in [0.4, 0.5) is 0 Å². The molecule has 0 heterocycles. The van der Waals surface area contributed by atoms with E-state index >= 15 is 0 Å².